The molecular formula is C9H17NO2. The van der Waals surface area contributed by atoms with Gasteiger partial charge >= 0.3 is 0 Å². The van der Waals surface area contributed by atoms with Crippen LogP contribution in [-0.4, -0.2) is 37.1 Å². The molecule has 0 unspecified atom stereocenters. The van der Waals surface area contributed by atoms with Gasteiger partial charge in [-0.15, -0.1) is 0 Å². The van der Waals surface area contributed by atoms with Gasteiger partial charge in [-0.3, -0.25) is 4.79 Å². The van der Waals surface area contributed by atoms with Gasteiger partial charge in [0.05, 0.1) is 13.2 Å². The lowest BCUT2D eigenvalue weighted by molar-refractivity contribution is -0.141. The molecule has 0 spiro atoms. The Kier molecular flexibility index (Phi) is 2.73. The molecule has 1 fully saturated rings. The highest BCUT2D eigenvalue weighted by Crippen LogP contribution is 2.27. The summed E-state index contributed by atoms with van der Waals surface area (Å²) < 4.78 is 5.13. The molecule has 1 amide bonds. The molecule has 1 heterocycles. The minimum atomic E-state index is 0.158. The molecule has 0 N–H and O–H groups in total. The highest BCUT2D eigenvalue weighted by Gasteiger charge is 2.35. The molecule has 0 saturated carbocycles. The second-order valence-corrected chi connectivity index (χ2v) is 3.84. The minimum absolute atomic E-state index is 0.158. The fourth-order valence-corrected chi connectivity index (χ4v) is 1.45. The Bertz CT molecular complexity index is 175. The molecule has 0 atom stereocenters. The molecule has 70 valence electrons. The Morgan fingerprint density at radius 3 is 2.42 bits per heavy atom. The molecule has 1 rings (SSSR count). The third-order valence-corrected chi connectivity index (χ3v) is 2.30. The summed E-state index contributed by atoms with van der Waals surface area (Å²) in [6.07, 6.45) is 0. The third-order valence-electron chi connectivity index (χ3n) is 2.30. The van der Waals surface area contributed by atoms with Crippen LogP contribution in [0, 0.1) is 5.41 Å². The average molecular weight is 171 g/mol. The summed E-state index contributed by atoms with van der Waals surface area (Å²) in [5.41, 5.74) is 0.210. The van der Waals surface area contributed by atoms with Gasteiger partial charge in [-0.25, -0.2) is 0 Å². The predicted molar refractivity (Wildman–Crippen MR) is 46.9 cm³/mol. The maximum Gasteiger partial charge on any atom is 0.219 e. The van der Waals surface area contributed by atoms with Crippen LogP contribution in [0.25, 0.3) is 0 Å². The van der Waals surface area contributed by atoms with E-state index in [1.54, 1.807) is 6.92 Å². The lowest BCUT2D eigenvalue weighted by Gasteiger charge is -2.41. The van der Waals surface area contributed by atoms with Crippen molar-refractivity contribution in [3.8, 4) is 0 Å². The van der Waals surface area contributed by atoms with Gasteiger partial charge in [0.1, 0.15) is 0 Å². The highest BCUT2D eigenvalue weighted by molar-refractivity contribution is 5.73. The SMILES string of the molecule is CCN(CC1(C)COC1)C(C)=O. The first-order valence-corrected chi connectivity index (χ1v) is 4.41. The van der Waals surface area contributed by atoms with Gasteiger partial charge in [0.25, 0.3) is 0 Å². The molecule has 0 aromatic carbocycles. The number of carbonyl (C=O) groups is 1. The number of rotatable bonds is 3. The van der Waals surface area contributed by atoms with Crippen LogP contribution in [0.15, 0.2) is 0 Å². The Morgan fingerprint density at radius 1 is 1.58 bits per heavy atom. The molecule has 0 aliphatic carbocycles. The smallest absolute Gasteiger partial charge is 0.219 e. The van der Waals surface area contributed by atoms with E-state index in [0.29, 0.717) is 0 Å². The first-order chi connectivity index (χ1) is 5.57. The van der Waals surface area contributed by atoms with Gasteiger partial charge < -0.3 is 9.64 Å². The Morgan fingerprint density at radius 2 is 2.17 bits per heavy atom. The van der Waals surface area contributed by atoms with Crippen LogP contribution in [0.5, 0.6) is 0 Å². The Hall–Kier alpha value is -0.570. The lowest BCUT2D eigenvalue weighted by Crippen LogP contribution is -2.49. The second-order valence-electron chi connectivity index (χ2n) is 3.84. The minimum Gasteiger partial charge on any atom is -0.380 e. The first-order valence-electron chi connectivity index (χ1n) is 4.41. The third kappa shape index (κ3) is 1.97. The monoisotopic (exact) mass is 171 g/mol. The topological polar surface area (TPSA) is 29.5 Å². The molecule has 1 aliphatic heterocycles. The molecule has 0 aromatic rings. The second kappa shape index (κ2) is 3.44. The van der Waals surface area contributed by atoms with Crippen molar-refractivity contribution in [2.75, 3.05) is 26.3 Å². The Balaban J connectivity index is 2.41. The zero-order chi connectivity index (χ0) is 9.19. The van der Waals surface area contributed by atoms with E-state index < -0.39 is 0 Å². The van der Waals surface area contributed by atoms with Crippen LogP contribution in [0.2, 0.25) is 0 Å². The zero-order valence-corrected chi connectivity index (χ0v) is 8.09. The summed E-state index contributed by atoms with van der Waals surface area (Å²) in [4.78, 5) is 12.9. The fraction of sp³-hybridized carbons (Fsp3) is 0.889. The molecule has 0 aromatic heterocycles. The maximum atomic E-state index is 11.1. The van der Waals surface area contributed by atoms with Crippen LogP contribution in [0.4, 0.5) is 0 Å². The summed E-state index contributed by atoms with van der Waals surface area (Å²) in [5, 5.41) is 0. The number of carbonyl (C=O) groups excluding carboxylic acids is 1. The molecule has 0 bridgehead atoms. The predicted octanol–water partition coefficient (Wildman–Crippen LogP) is 0.891. The summed E-state index contributed by atoms with van der Waals surface area (Å²) in [6, 6.07) is 0. The number of nitrogens with zero attached hydrogens (tertiary/aromatic N) is 1. The van der Waals surface area contributed by atoms with E-state index in [4.69, 9.17) is 4.74 Å². The van der Waals surface area contributed by atoms with Crippen LogP contribution in [0.1, 0.15) is 20.8 Å². The largest absolute Gasteiger partial charge is 0.380 e. The van der Waals surface area contributed by atoms with Crippen LogP contribution in [0.3, 0.4) is 0 Å². The van der Waals surface area contributed by atoms with Crippen LogP contribution >= 0.6 is 0 Å². The number of ether oxygens (including phenoxy) is 1. The van der Waals surface area contributed by atoms with Crippen molar-refractivity contribution < 1.29 is 9.53 Å². The molecule has 3 heteroatoms. The number of hydrogen-bond donors (Lipinski definition) is 0. The van der Waals surface area contributed by atoms with Gasteiger partial charge in [0, 0.05) is 25.4 Å². The molecule has 0 radical (unpaired) electrons. The van der Waals surface area contributed by atoms with E-state index in [1.165, 1.54) is 0 Å². The summed E-state index contributed by atoms with van der Waals surface area (Å²) >= 11 is 0. The summed E-state index contributed by atoms with van der Waals surface area (Å²) in [7, 11) is 0. The van der Waals surface area contributed by atoms with E-state index in [9.17, 15) is 4.79 Å². The highest BCUT2D eigenvalue weighted by atomic mass is 16.5. The lowest BCUT2D eigenvalue weighted by atomic mass is 9.88. The quantitative estimate of drug-likeness (QED) is 0.631. The number of amides is 1. The summed E-state index contributed by atoms with van der Waals surface area (Å²) in [6.45, 7) is 8.98. The van der Waals surface area contributed by atoms with Gasteiger partial charge in [0.2, 0.25) is 5.91 Å². The van der Waals surface area contributed by atoms with E-state index in [2.05, 4.69) is 6.92 Å². The van der Waals surface area contributed by atoms with Gasteiger partial charge in [-0.2, -0.15) is 0 Å². The molecule has 1 aliphatic rings. The van der Waals surface area contributed by atoms with Crippen molar-refractivity contribution in [1.82, 2.24) is 4.90 Å². The first kappa shape index (κ1) is 9.52. The van der Waals surface area contributed by atoms with Gasteiger partial charge in [0.15, 0.2) is 0 Å². The molecule has 1 saturated heterocycles. The van der Waals surface area contributed by atoms with Crippen LogP contribution < -0.4 is 0 Å². The molecule has 12 heavy (non-hydrogen) atoms. The van der Waals surface area contributed by atoms with E-state index >= 15 is 0 Å². The van der Waals surface area contributed by atoms with Crippen molar-refractivity contribution in [1.29, 1.82) is 0 Å². The fourth-order valence-electron chi connectivity index (χ4n) is 1.45. The molecular weight excluding hydrogens is 154 g/mol. The standard InChI is InChI=1S/C9H17NO2/c1-4-10(8(2)11)5-9(3)6-12-7-9/h4-7H2,1-3H3. The molecule has 3 nitrogen and oxygen atoms in total. The Labute approximate surface area is 73.7 Å². The number of hydrogen-bond acceptors (Lipinski definition) is 2. The normalized spacial score (nSPS) is 19.9. The van der Waals surface area contributed by atoms with Crippen molar-refractivity contribution in [2.24, 2.45) is 5.41 Å². The van der Waals surface area contributed by atoms with Gasteiger partial charge in [-0.1, -0.05) is 6.92 Å². The van der Waals surface area contributed by atoms with Gasteiger partial charge in [-0.05, 0) is 6.92 Å². The average Bonchev–Trinajstić information content (AvgIpc) is 1.96. The van der Waals surface area contributed by atoms with E-state index in [-0.39, 0.29) is 11.3 Å². The van der Waals surface area contributed by atoms with Crippen molar-refractivity contribution >= 4 is 5.91 Å². The van der Waals surface area contributed by atoms with Crippen molar-refractivity contribution in [3.63, 3.8) is 0 Å². The van der Waals surface area contributed by atoms with E-state index in [1.807, 2.05) is 11.8 Å². The van der Waals surface area contributed by atoms with Crippen LogP contribution in [-0.2, 0) is 9.53 Å². The van der Waals surface area contributed by atoms with E-state index in [0.717, 1.165) is 26.3 Å². The van der Waals surface area contributed by atoms with Crippen molar-refractivity contribution in [3.05, 3.63) is 0 Å². The zero-order valence-electron chi connectivity index (χ0n) is 8.09. The van der Waals surface area contributed by atoms with Crippen molar-refractivity contribution in [2.45, 2.75) is 20.8 Å². The summed E-state index contributed by atoms with van der Waals surface area (Å²) in [5.74, 6) is 0.158. The maximum absolute atomic E-state index is 11.1.